The fourth-order valence-corrected chi connectivity index (χ4v) is 1.23. The molecule has 1 rings (SSSR count). The van der Waals surface area contributed by atoms with Gasteiger partial charge in [0.2, 0.25) is 0 Å². The van der Waals surface area contributed by atoms with Gasteiger partial charge in [-0.05, 0) is 19.1 Å². The first-order valence-corrected chi connectivity index (χ1v) is 5.38. The monoisotopic (exact) mass is 275 g/mol. The number of hydrogen-bond donors (Lipinski definition) is 2. The van der Waals surface area contributed by atoms with Gasteiger partial charge in [0.15, 0.2) is 6.61 Å². The third kappa shape index (κ3) is 4.21. The molecule has 0 heterocycles. The maximum absolute atomic E-state index is 12.8. The summed E-state index contributed by atoms with van der Waals surface area (Å²) in [4.78, 5) is 21.8. The molecule has 0 spiro atoms. The van der Waals surface area contributed by atoms with Gasteiger partial charge in [0.1, 0.15) is 17.6 Å². The van der Waals surface area contributed by atoms with Gasteiger partial charge in [-0.2, -0.15) is 0 Å². The first-order valence-electron chi connectivity index (χ1n) is 5.00. The zero-order chi connectivity index (χ0) is 13.7. The Kier molecular flexibility index (Phi) is 4.91. The molecule has 0 saturated heterocycles. The number of aliphatic carboxylic acids is 1. The number of benzene rings is 1. The van der Waals surface area contributed by atoms with E-state index in [9.17, 15) is 14.0 Å². The SMILES string of the molecule is C[C@@H](NC(=O)COc1ccc(F)c(Cl)c1)C(=O)O. The Labute approximate surface area is 108 Å². The van der Waals surface area contributed by atoms with Crippen LogP contribution in [-0.2, 0) is 9.59 Å². The smallest absolute Gasteiger partial charge is 0.325 e. The molecule has 0 aromatic heterocycles. The molecule has 7 heteroatoms. The topological polar surface area (TPSA) is 75.6 Å². The molecular weight excluding hydrogens is 265 g/mol. The highest BCUT2D eigenvalue weighted by Gasteiger charge is 2.14. The first kappa shape index (κ1) is 14.2. The number of carboxylic acid groups (broad SMARTS) is 1. The van der Waals surface area contributed by atoms with E-state index in [0.29, 0.717) is 0 Å². The van der Waals surface area contributed by atoms with Gasteiger partial charge in [-0.15, -0.1) is 0 Å². The van der Waals surface area contributed by atoms with E-state index in [2.05, 4.69) is 5.32 Å². The predicted molar refractivity (Wildman–Crippen MR) is 62.1 cm³/mol. The molecule has 5 nitrogen and oxygen atoms in total. The highest BCUT2D eigenvalue weighted by Crippen LogP contribution is 2.20. The second-order valence-electron chi connectivity index (χ2n) is 3.49. The van der Waals surface area contributed by atoms with Crippen molar-refractivity contribution >= 4 is 23.5 Å². The van der Waals surface area contributed by atoms with Crippen molar-refractivity contribution in [3.05, 3.63) is 29.0 Å². The van der Waals surface area contributed by atoms with Gasteiger partial charge in [-0.3, -0.25) is 9.59 Å². The Hall–Kier alpha value is -1.82. The number of carboxylic acids is 1. The lowest BCUT2D eigenvalue weighted by Gasteiger charge is -2.10. The van der Waals surface area contributed by atoms with E-state index in [1.165, 1.54) is 19.1 Å². The molecule has 0 unspecified atom stereocenters. The Balaban J connectivity index is 2.47. The van der Waals surface area contributed by atoms with Gasteiger partial charge in [0, 0.05) is 6.07 Å². The maximum Gasteiger partial charge on any atom is 0.325 e. The molecule has 1 aromatic carbocycles. The molecule has 1 amide bonds. The fourth-order valence-electron chi connectivity index (χ4n) is 1.06. The number of halogens is 2. The minimum Gasteiger partial charge on any atom is -0.484 e. The van der Waals surface area contributed by atoms with Gasteiger partial charge >= 0.3 is 5.97 Å². The quantitative estimate of drug-likeness (QED) is 0.853. The summed E-state index contributed by atoms with van der Waals surface area (Å²) < 4.78 is 17.9. The molecule has 0 aliphatic heterocycles. The number of amides is 1. The molecule has 1 atom stereocenters. The molecule has 2 N–H and O–H groups in total. The van der Waals surface area contributed by atoms with Gasteiger partial charge in [0.05, 0.1) is 5.02 Å². The van der Waals surface area contributed by atoms with Gasteiger partial charge in [-0.25, -0.2) is 4.39 Å². The minimum atomic E-state index is -1.15. The highest BCUT2D eigenvalue weighted by molar-refractivity contribution is 6.30. The van der Waals surface area contributed by atoms with E-state index >= 15 is 0 Å². The molecule has 0 bridgehead atoms. The van der Waals surface area contributed by atoms with Crippen molar-refractivity contribution in [2.24, 2.45) is 0 Å². The second kappa shape index (κ2) is 6.20. The Morgan fingerprint density at radius 2 is 2.22 bits per heavy atom. The van der Waals surface area contributed by atoms with Crippen LogP contribution in [-0.4, -0.2) is 29.6 Å². The first-order chi connectivity index (χ1) is 8.40. The fraction of sp³-hybridized carbons (Fsp3) is 0.273. The molecule has 0 aliphatic rings. The van der Waals surface area contributed by atoms with Crippen molar-refractivity contribution in [2.45, 2.75) is 13.0 Å². The summed E-state index contributed by atoms with van der Waals surface area (Å²) in [5.74, 6) is -2.11. The van der Waals surface area contributed by atoms with Crippen LogP contribution >= 0.6 is 11.6 Å². The Bertz CT molecular complexity index is 466. The average Bonchev–Trinajstić information content (AvgIpc) is 2.30. The van der Waals surface area contributed by atoms with Crippen molar-refractivity contribution in [1.29, 1.82) is 0 Å². The van der Waals surface area contributed by atoms with Crippen LogP contribution in [0.1, 0.15) is 6.92 Å². The second-order valence-corrected chi connectivity index (χ2v) is 3.90. The number of ether oxygens (including phenoxy) is 1. The zero-order valence-corrected chi connectivity index (χ0v) is 10.2. The number of carbonyl (C=O) groups excluding carboxylic acids is 1. The van der Waals surface area contributed by atoms with Crippen LogP contribution in [0.2, 0.25) is 5.02 Å². The Morgan fingerprint density at radius 3 is 2.78 bits per heavy atom. The van der Waals surface area contributed by atoms with Gasteiger partial charge in [0.25, 0.3) is 5.91 Å². The van der Waals surface area contributed by atoms with Gasteiger partial charge in [-0.1, -0.05) is 11.6 Å². The standard InChI is InChI=1S/C11H11ClFNO4/c1-6(11(16)17)14-10(15)5-18-7-2-3-9(13)8(12)4-7/h2-4,6H,5H2,1H3,(H,14,15)(H,16,17)/t6-/m1/s1. The lowest BCUT2D eigenvalue weighted by Crippen LogP contribution is -2.40. The lowest BCUT2D eigenvalue weighted by molar-refractivity contribution is -0.141. The molecule has 1 aromatic rings. The normalized spacial score (nSPS) is 11.7. The summed E-state index contributed by atoms with van der Waals surface area (Å²) in [5, 5.41) is 10.7. The van der Waals surface area contributed by atoms with Crippen molar-refractivity contribution in [2.75, 3.05) is 6.61 Å². The summed E-state index contributed by atoms with van der Waals surface area (Å²) >= 11 is 5.52. The van der Waals surface area contributed by atoms with Crippen molar-refractivity contribution in [3.8, 4) is 5.75 Å². The summed E-state index contributed by atoms with van der Waals surface area (Å²) in [5.41, 5.74) is 0. The van der Waals surface area contributed by atoms with Crippen molar-refractivity contribution < 1.29 is 23.8 Å². The third-order valence-electron chi connectivity index (χ3n) is 2.01. The van der Waals surface area contributed by atoms with Crippen LogP contribution in [0.5, 0.6) is 5.75 Å². The number of rotatable bonds is 5. The maximum atomic E-state index is 12.8. The molecular formula is C11H11ClFNO4. The van der Waals surface area contributed by atoms with Crippen LogP contribution in [0.3, 0.4) is 0 Å². The van der Waals surface area contributed by atoms with Crippen LogP contribution in [0.25, 0.3) is 0 Å². The van der Waals surface area contributed by atoms with E-state index in [4.69, 9.17) is 21.4 Å². The van der Waals surface area contributed by atoms with E-state index in [1.54, 1.807) is 0 Å². The third-order valence-corrected chi connectivity index (χ3v) is 2.30. The Morgan fingerprint density at radius 1 is 1.56 bits per heavy atom. The summed E-state index contributed by atoms with van der Waals surface area (Å²) in [7, 11) is 0. The minimum absolute atomic E-state index is 0.119. The molecule has 98 valence electrons. The molecule has 0 aliphatic carbocycles. The predicted octanol–water partition coefficient (Wildman–Crippen LogP) is 1.45. The molecule has 0 saturated carbocycles. The van der Waals surface area contributed by atoms with Crippen LogP contribution in [0.15, 0.2) is 18.2 Å². The van der Waals surface area contributed by atoms with E-state index in [-0.39, 0.29) is 17.4 Å². The van der Waals surface area contributed by atoms with E-state index in [1.807, 2.05) is 0 Å². The van der Waals surface area contributed by atoms with Crippen molar-refractivity contribution in [3.63, 3.8) is 0 Å². The lowest BCUT2D eigenvalue weighted by atomic mass is 10.3. The molecule has 0 fully saturated rings. The highest BCUT2D eigenvalue weighted by atomic mass is 35.5. The largest absolute Gasteiger partial charge is 0.484 e. The zero-order valence-electron chi connectivity index (χ0n) is 9.44. The van der Waals surface area contributed by atoms with Gasteiger partial charge < -0.3 is 15.2 Å². The summed E-state index contributed by atoms with van der Waals surface area (Å²) in [6.07, 6.45) is 0. The van der Waals surface area contributed by atoms with E-state index < -0.39 is 23.7 Å². The van der Waals surface area contributed by atoms with Crippen LogP contribution in [0, 0.1) is 5.82 Å². The molecule has 18 heavy (non-hydrogen) atoms. The summed E-state index contributed by atoms with van der Waals surface area (Å²) in [6.45, 7) is 0.953. The number of nitrogens with one attached hydrogen (secondary N) is 1. The summed E-state index contributed by atoms with van der Waals surface area (Å²) in [6, 6.07) is 2.65. The average molecular weight is 276 g/mol. The number of hydrogen-bond acceptors (Lipinski definition) is 3. The molecule has 0 radical (unpaired) electrons. The van der Waals surface area contributed by atoms with E-state index in [0.717, 1.165) is 6.07 Å². The van der Waals surface area contributed by atoms with Crippen molar-refractivity contribution in [1.82, 2.24) is 5.32 Å². The number of carbonyl (C=O) groups is 2. The van der Waals surface area contributed by atoms with Crippen LogP contribution < -0.4 is 10.1 Å². The van der Waals surface area contributed by atoms with Crippen LogP contribution in [0.4, 0.5) is 4.39 Å².